The number of amides is 1. The van der Waals surface area contributed by atoms with Crippen molar-refractivity contribution in [3.63, 3.8) is 0 Å². The van der Waals surface area contributed by atoms with Gasteiger partial charge in [-0.15, -0.1) is 0 Å². The zero-order chi connectivity index (χ0) is 26.3. The van der Waals surface area contributed by atoms with Gasteiger partial charge < -0.3 is 19.1 Å². The maximum atomic E-state index is 13.5. The minimum absolute atomic E-state index is 0.183. The summed E-state index contributed by atoms with van der Waals surface area (Å²) in [5.41, 5.74) is 1.53. The minimum atomic E-state index is -3.28. The predicted molar refractivity (Wildman–Crippen MR) is 142 cm³/mol. The van der Waals surface area contributed by atoms with Crippen LogP contribution in [-0.4, -0.2) is 56.0 Å². The van der Waals surface area contributed by atoms with Crippen LogP contribution in [0.4, 0.5) is 5.82 Å². The Labute approximate surface area is 220 Å². The molecular weight excluding hydrogens is 513 g/mol. The van der Waals surface area contributed by atoms with Gasteiger partial charge in [0.1, 0.15) is 0 Å². The van der Waals surface area contributed by atoms with Crippen molar-refractivity contribution in [1.82, 2.24) is 9.97 Å². The number of hydrogen-bond acceptors (Lipinski definition) is 8. The lowest BCUT2D eigenvalue weighted by Gasteiger charge is -2.26. The van der Waals surface area contributed by atoms with Crippen molar-refractivity contribution in [1.29, 1.82) is 0 Å². The van der Waals surface area contributed by atoms with E-state index in [2.05, 4.69) is 15.3 Å². The molecule has 2 aliphatic rings. The van der Waals surface area contributed by atoms with Crippen molar-refractivity contribution in [3.8, 4) is 0 Å². The number of sulfone groups is 1. The fourth-order valence-electron chi connectivity index (χ4n) is 4.43. The second-order valence-electron chi connectivity index (χ2n) is 9.37. The standard InChI is InChI=1S/C26H36N3O6PS/c1-3-34-36(35-4-2)18-21-16-28-25(17-27-21)29-26(30)24(15-19-11-13-33-14-12-19)20-5-7-22(8-6-20)37(31,32)23-9-10-23/h5-8,16-17,19,23-24H,3-4,9-15,18H2,1-2H3,(H,28,29,30)/t24-/m1/s1. The number of nitrogens with one attached hydrogen (secondary N) is 1. The molecule has 9 nitrogen and oxygen atoms in total. The quantitative estimate of drug-likeness (QED) is 0.353. The molecule has 1 saturated heterocycles. The van der Waals surface area contributed by atoms with Crippen LogP contribution in [0.2, 0.25) is 0 Å². The summed E-state index contributed by atoms with van der Waals surface area (Å²) in [4.78, 5) is 22.6. The van der Waals surface area contributed by atoms with Gasteiger partial charge in [0.25, 0.3) is 0 Å². The van der Waals surface area contributed by atoms with E-state index in [9.17, 15) is 13.2 Å². The van der Waals surface area contributed by atoms with E-state index >= 15 is 0 Å². The second kappa shape index (κ2) is 13.2. The molecule has 1 aromatic carbocycles. The van der Waals surface area contributed by atoms with Crippen LogP contribution in [0.5, 0.6) is 0 Å². The first-order valence-electron chi connectivity index (χ1n) is 13.0. The minimum Gasteiger partial charge on any atom is -0.381 e. The first kappa shape index (κ1) is 28.0. The smallest absolute Gasteiger partial charge is 0.233 e. The Morgan fingerprint density at radius 3 is 2.30 bits per heavy atom. The third-order valence-electron chi connectivity index (χ3n) is 6.59. The molecule has 1 saturated carbocycles. The van der Waals surface area contributed by atoms with Crippen molar-refractivity contribution in [2.75, 3.05) is 31.7 Å². The molecular formula is C26H36N3O6PS. The van der Waals surface area contributed by atoms with E-state index in [1.165, 1.54) is 0 Å². The zero-order valence-corrected chi connectivity index (χ0v) is 23.2. The fourth-order valence-corrected chi connectivity index (χ4v) is 7.35. The molecule has 2 aromatic rings. The summed E-state index contributed by atoms with van der Waals surface area (Å²) in [5.74, 6) is 0.100. The summed E-state index contributed by atoms with van der Waals surface area (Å²) in [6, 6.07) is 6.82. The topological polar surface area (TPSA) is 117 Å². The van der Waals surface area contributed by atoms with Crippen LogP contribution in [-0.2, 0) is 34.6 Å². The average molecular weight is 550 g/mol. The summed E-state index contributed by atoms with van der Waals surface area (Å²) in [6.07, 6.45) is 7.60. The van der Waals surface area contributed by atoms with Crippen LogP contribution in [0.1, 0.15) is 63.1 Å². The van der Waals surface area contributed by atoms with Gasteiger partial charge in [0.05, 0.1) is 53.5 Å². The van der Waals surface area contributed by atoms with E-state index in [1.54, 1.807) is 36.7 Å². The Bertz CT molecular complexity index is 1110. The molecule has 1 atom stereocenters. The van der Waals surface area contributed by atoms with Crippen LogP contribution in [0, 0.1) is 5.92 Å². The van der Waals surface area contributed by atoms with E-state index in [-0.39, 0.29) is 11.2 Å². The monoisotopic (exact) mass is 549 g/mol. The Balaban J connectivity index is 1.47. The van der Waals surface area contributed by atoms with Crippen molar-refractivity contribution >= 4 is 29.9 Å². The number of anilines is 1. The van der Waals surface area contributed by atoms with E-state index in [1.807, 2.05) is 13.8 Å². The SMILES string of the molecule is CCOP(Cc1cnc(NC(=O)[C@H](CC2CCOCC2)c2ccc(S(=O)(=O)C3CC3)cc2)cn1)OCC. The number of carbonyl (C=O) groups is 1. The normalized spacial score (nSPS) is 17.6. The molecule has 1 N–H and O–H groups in total. The van der Waals surface area contributed by atoms with Crippen LogP contribution in [0.25, 0.3) is 0 Å². The van der Waals surface area contributed by atoms with Gasteiger partial charge in [0.15, 0.2) is 24.0 Å². The number of carbonyl (C=O) groups excluding carboxylic acids is 1. The van der Waals surface area contributed by atoms with Gasteiger partial charge in [-0.1, -0.05) is 12.1 Å². The molecule has 1 amide bonds. The largest absolute Gasteiger partial charge is 0.381 e. The number of hydrogen-bond donors (Lipinski definition) is 1. The van der Waals surface area contributed by atoms with E-state index < -0.39 is 24.1 Å². The van der Waals surface area contributed by atoms with Gasteiger partial charge in [-0.3, -0.25) is 9.78 Å². The highest BCUT2D eigenvalue weighted by Crippen LogP contribution is 2.41. The van der Waals surface area contributed by atoms with Crippen LogP contribution in [0.3, 0.4) is 0 Å². The molecule has 11 heteroatoms. The summed E-state index contributed by atoms with van der Waals surface area (Å²) < 4.78 is 42.0. The maximum Gasteiger partial charge on any atom is 0.233 e. The number of nitrogens with zero attached hydrogens (tertiary/aromatic N) is 2. The zero-order valence-electron chi connectivity index (χ0n) is 21.5. The molecule has 0 radical (unpaired) electrons. The van der Waals surface area contributed by atoms with Crippen LogP contribution in [0.15, 0.2) is 41.6 Å². The molecule has 1 aromatic heterocycles. The molecule has 4 rings (SSSR count). The molecule has 0 bridgehead atoms. The van der Waals surface area contributed by atoms with Crippen LogP contribution >= 0.6 is 8.38 Å². The lowest BCUT2D eigenvalue weighted by Crippen LogP contribution is -2.26. The van der Waals surface area contributed by atoms with Gasteiger partial charge in [0, 0.05) is 13.2 Å². The summed E-state index contributed by atoms with van der Waals surface area (Å²) >= 11 is 0. The third kappa shape index (κ3) is 7.77. The van der Waals surface area contributed by atoms with E-state index in [0.717, 1.165) is 36.9 Å². The average Bonchev–Trinajstić information content (AvgIpc) is 3.76. The summed E-state index contributed by atoms with van der Waals surface area (Å²) in [7, 11) is -4.35. The Morgan fingerprint density at radius 1 is 1.05 bits per heavy atom. The predicted octanol–water partition coefficient (Wildman–Crippen LogP) is 4.84. The van der Waals surface area contributed by atoms with Gasteiger partial charge in [-0.2, -0.15) is 0 Å². The maximum absolute atomic E-state index is 13.5. The van der Waals surface area contributed by atoms with Gasteiger partial charge in [0.2, 0.25) is 5.91 Å². The molecule has 0 unspecified atom stereocenters. The lowest BCUT2D eigenvalue weighted by molar-refractivity contribution is -0.118. The molecule has 202 valence electrons. The number of rotatable bonds is 13. The summed E-state index contributed by atoms with van der Waals surface area (Å²) in [6.45, 7) is 6.36. The number of aromatic nitrogens is 2. The van der Waals surface area contributed by atoms with Gasteiger partial charge >= 0.3 is 0 Å². The van der Waals surface area contributed by atoms with E-state index in [0.29, 0.717) is 55.6 Å². The Kier molecular flexibility index (Phi) is 10.0. The van der Waals surface area contributed by atoms with Crippen LogP contribution < -0.4 is 5.32 Å². The molecule has 1 aliphatic heterocycles. The Hall–Kier alpha value is -1.97. The summed E-state index contributed by atoms with van der Waals surface area (Å²) in [5, 5.41) is 2.65. The highest BCUT2D eigenvalue weighted by molar-refractivity contribution is 7.92. The third-order valence-corrected chi connectivity index (χ3v) is 10.5. The molecule has 2 heterocycles. The first-order valence-corrected chi connectivity index (χ1v) is 15.9. The van der Waals surface area contributed by atoms with Crippen molar-refractivity contribution in [2.45, 2.75) is 68.2 Å². The molecule has 37 heavy (non-hydrogen) atoms. The number of benzene rings is 1. The van der Waals surface area contributed by atoms with Gasteiger partial charge in [-0.25, -0.2) is 13.4 Å². The molecule has 0 spiro atoms. The molecule has 1 aliphatic carbocycles. The highest BCUT2D eigenvalue weighted by atomic mass is 32.2. The van der Waals surface area contributed by atoms with Crippen molar-refractivity contribution in [3.05, 3.63) is 47.9 Å². The number of ether oxygens (including phenoxy) is 1. The van der Waals surface area contributed by atoms with Crippen molar-refractivity contribution < 1.29 is 27.0 Å². The highest BCUT2D eigenvalue weighted by Gasteiger charge is 2.37. The van der Waals surface area contributed by atoms with Crippen molar-refractivity contribution in [2.24, 2.45) is 5.92 Å². The molecule has 2 fully saturated rings. The van der Waals surface area contributed by atoms with E-state index in [4.69, 9.17) is 13.8 Å². The lowest BCUT2D eigenvalue weighted by atomic mass is 9.84. The fraction of sp³-hybridized carbons (Fsp3) is 0.577. The second-order valence-corrected chi connectivity index (χ2v) is 13.1. The van der Waals surface area contributed by atoms with Gasteiger partial charge in [-0.05, 0) is 69.6 Å². The Morgan fingerprint density at radius 2 is 1.73 bits per heavy atom. The first-order chi connectivity index (χ1) is 17.9.